The van der Waals surface area contributed by atoms with E-state index in [1.807, 2.05) is 0 Å². The molecule has 3 heterocycles. The van der Waals surface area contributed by atoms with Crippen molar-refractivity contribution in [3.05, 3.63) is 11.7 Å². The third-order valence-electron chi connectivity index (χ3n) is 6.51. The number of likely N-dealkylation sites (tertiary alicyclic amines) is 1. The second-order valence-electron chi connectivity index (χ2n) is 8.36. The van der Waals surface area contributed by atoms with E-state index in [1.54, 1.807) is 18.7 Å². The van der Waals surface area contributed by atoms with Gasteiger partial charge < -0.3 is 14.7 Å². The van der Waals surface area contributed by atoms with Crippen molar-refractivity contribution < 1.29 is 17.7 Å². The summed E-state index contributed by atoms with van der Waals surface area (Å²) in [5.74, 6) is 0.970. The summed E-state index contributed by atoms with van der Waals surface area (Å²) < 4.78 is 31.9. The van der Waals surface area contributed by atoms with Crippen LogP contribution < -0.4 is 5.32 Å². The molecule has 1 N–H and O–H groups in total. The minimum atomic E-state index is -3.32. The van der Waals surface area contributed by atoms with Crippen molar-refractivity contribution in [3.63, 3.8) is 0 Å². The fourth-order valence-corrected chi connectivity index (χ4v) is 6.08. The van der Waals surface area contributed by atoms with E-state index in [0.717, 1.165) is 25.7 Å². The summed E-state index contributed by atoms with van der Waals surface area (Å²) in [5.41, 5.74) is -0.632. The zero-order valence-corrected chi connectivity index (χ0v) is 17.4. The van der Waals surface area contributed by atoms with Crippen molar-refractivity contribution in [3.8, 4) is 0 Å². The number of carbonyl (C=O) groups excluding carboxylic acids is 1. The van der Waals surface area contributed by atoms with E-state index in [4.69, 9.17) is 4.52 Å². The van der Waals surface area contributed by atoms with Gasteiger partial charge in [-0.1, -0.05) is 24.4 Å². The first kappa shape index (κ1) is 19.6. The van der Waals surface area contributed by atoms with Crippen molar-refractivity contribution in [2.45, 2.75) is 57.4 Å². The standard InChI is InChI=1S/C18H29N5O4S/c1-3-28(25,26)23-10-14-9-22(17(24)20-15-7-5-4-6-8-15)11-18(14,12-23)16-19-13(2)21-27-16/h14-15H,3-12H2,1-2H3,(H,20,24)/t14-,18-/m0/s1. The molecule has 0 radical (unpaired) electrons. The molecule has 0 bridgehead atoms. The first-order valence-corrected chi connectivity index (χ1v) is 11.8. The maximum absolute atomic E-state index is 12.9. The average molecular weight is 412 g/mol. The Bertz CT molecular complexity index is 835. The summed E-state index contributed by atoms with van der Waals surface area (Å²) in [4.78, 5) is 19.1. The van der Waals surface area contributed by atoms with Gasteiger partial charge in [-0.25, -0.2) is 17.5 Å². The van der Waals surface area contributed by atoms with E-state index in [2.05, 4.69) is 15.5 Å². The molecule has 2 amide bonds. The molecule has 0 unspecified atom stereocenters. The number of hydrogen-bond donors (Lipinski definition) is 1. The van der Waals surface area contributed by atoms with Crippen molar-refractivity contribution in [2.75, 3.05) is 31.9 Å². The lowest BCUT2D eigenvalue weighted by Gasteiger charge is -2.28. The number of nitrogens with zero attached hydrogens (tertiary/aromatic N) is 4. The van der Waals surface area contributed by atoms with Crippen molar-refractivity contribution >= 4 is 16.1 Å². The van der Waals surface area contributed by atoms with Gasteiger partial charge in [0.2, 0.25) is 15.9 Å². The van der Waals surface area contributed by atoms with Crippen LogP contribution in [0.5, 0.6) is 0 Å². The van der Waals surface area contributed by atoms with Gasteiger partial charge in [0.1, 0.15) is 0 Å². The van der Waals surface area contributed by atoms with Crippen LogP contribution in [0.4, 0.5) is 4.79 Å². The van der Waals surface area contributed by atoms with Crippen LogP contribution in [0.1, 0.15) is 50.7 Å². The molecule has 1 aromatic heterocycles. The van der Waals surface area contributed by atoms with E-state index < -0.39 is 15.4 Å². The number of hydrogen-bond acceptors (Lipinski definition) is 6. The Hall–Kier alpha value is -1.68. The monoisotopic (exact) mass is 411 g/mol. The predicted octanol–water partition coefficient (Wildman–Crippen LogP) is 1.26. The van der Waals surface area contributed by atoms with Crippen molar-refractivity contribution in [1.29, 1.82) is 0 Å². The second kappa shape index (κ2) is 7.29. The molecule has 0 spiro atoms. The summed E-state index contributed by atoms with van der Waals surface area (Å²) in [5, 5.41) is 7.08. The van der Waals surface area contributed by atoms with E-state index in [1.165, 1.54) is 10.7 Å². The van der Waals surface area contributed by atoms with Crippen molar-refractivity contribution in [1.82, 2.24) is 24.7 Å². The van der Waals surface area contributed by atoms with Gasteiger partial charge in [-0.15, -0.1) is 0 Å². The largest absolute Gasteiger partial charge is 0.339 e. The minimum Gasteiger partial charge on any atom is -0.339 e. The zero-order valence-electron chi connectivity index (χ0n) is 16.6. The fourth-order valence-electron chi connectivity index (χ4n) is 4.88. The number of nitrogens with one attached hydrogen (secondary N) is 1. The molecule has 3 fully saturated rings. The topological polar surface area (TPSA) is 109 Å². The summed E-state index contributed by atoms with van der Waals surface area (Å²) in [6.45, 7) is 4.95. The highest BCUT2D eigenvalue weighted by Gasteiger charge is 2.59. The molecule has 1 aliphatic carbocycles. The van der Waals surface area contributed by atoms with Gasteiger partial charge >= 0.3 is 6.03 Å². The molecule has 4 rings (SSSR count). The quantitative estimate of drug-likeness (QED) is 0.799. The molecular weight excluding hydrogens is 382 g/mol. The molecular formula is C18H29N5O4S. The van der Waals surface area contributed by atoms with Gasteiger partial charge in [-0.2, -0.15) is 4.98 Å². The van der Waals surface area contributed by atoms with Crippen LogP contribution in [-0.4, -0.2) is 71.8 Å². The number of carbonyl (C=O) groups is 1. The van der Waals surface area contributed by atoms with E-state index >= 15 is 0 Å². The van der Waals surface area contributed by atoms with Crippen molar-refractivity contribution in [2.24, 2.45) is 5.92 Å². The summed E-state index contributed by atoms with van der Waals surface area (Å²) in [7, 11) is -3.32. The third-order valence-corrected chi connectivity index (χ3v) is 8.30. The van der Waals surface area contributed by atoms with Crippen LogP contribution in [-0.2, 0) is 15.4 Å². The first-order valence-electron chi connectivity index (χ1n) is 10.2. The van der Waals surface area contributed by atoms with E-state index in [9.17, 15) is 13.2 Å². The highest BCUT2D eigenvalue weighted by atomic mass is 32.2. The Kier molecular flexibility index (Phi) is 5.11. The van der Waals surface area contributed by atoms with Gasteiger partial charge in [0.25, 0.3) is 0 Å². The summed E-state index contributed by atoms with van der Waals surface area (Å²) >= 11 is 0. The number of sulfonamides is 1. The molecule has 3 aliphatic rings. The highest BCUT2D eigenvalue weighted by Crippen LogP contribution is 2.45. The SMILES string of the molecule is CCS(=O)(=O)N1C[C@@H]2CN(C(=O)NC3CCCCC3)C[C@]2(c2nc(C)no2)C1. The number of rotatable bonds is 4. The average Bonchev–Trinajstić information content (AvgIpc) is 3.35. The highest BCUT2D eigenvalue weighted by molar-refractivity contribution is 7.89. The Balaban J connectivity index is 1.55. The van der Waals surface area contributed by atoms with Gasteiger partial charge in [0.05, 0.1) is 11.2 Å². The number of aromatic nitrogens is 2. The van der Waals surface area contributed by atoms with Gasteiger partial charge in [0.15, 0.2) is 5.82 Å². The molecule has 0 aromatic carbocycles. The normalized spacial score (nSPS) is 29.2. The van der Waals surface area contributed by atoms with Crippen LogP contribution >= 0.6 is 0 Å². The maximum Gasteiger partial charge on any atom is 0.317 e. The first-order chi connectivity index (χ1) is 13.3. The molecule has 1 saturated carbocycles. The number of aryl methyl sites for hydroxylation is 1. The molecule has 9 nitrogen and oxygen atoms in total. The molecule has 2 atom stereocenters. The van der Waals surface area contributed by atoms with Gasteiger partial charge in [-0.3, -0.25) is 0 Å². The Morgan fingerprint density at radius 2 is 2.00 bits per heavy atom. The molecule has 1 aromatic rings. The Morgan fingerprint density at radius 1 is 1.25 bits per heavy atom. The summed E-state index contributed by atoms with van der Waals surface area (Å²) in [6, 6.07) is 0.169. The fraction of sp³-hybridized carbons (Fsp3) is 0.833. The summed E-state index contributed by atoms with van der Waals surface area (Å²) in [6.07, 6.45) is 5.60. The minimum absolute atomic E-state index is 0.0502. The number of amides is 2. The third kappa shape index (κ3) is 3.41. The Labute approximate surface area is 165 Å². The lowest BCUT2D eigenvalue weighted by Crippen LogP contribution is -2.47. The smallest absolute Gasteiger partial charge is 0.317 e. The van der Waals surface area contributed by atoms with Crippen LogP contribution in [0, 0.1) is 12.8 Å². The molecule has 28 heavy (non-hydrogen) atoms. The van der Waals surface area contributed by atoms with E-state index in [0.29, 0.717) is 31.3 Å². The number of fused-ring (bicyclic) bond motifs is 1. The van der Waals surface area contributed by atoms with Gasteiger partial charge in [-0.05, 0) is 26.7 Å². The van der Waals surface area contributed by atoms with E-state index in [-0.39, 0.29) is 30.3 Å². The molecule has 2 aliphatic heterocycles. The molecule has 10 heteroatoms. The van der Waals surface area contributed by atoms with Crippen LogP contribution in [0.3, 0.4) is 0 Å². The zero-order chi connectivity index (χ0) is 19.9. The predicted molar refractivity (Wildman–Crippen MR) is 102 cm³/mol. The van der Waals surface area contributed by atoms with Crippen LogP contribution in [0.2, 0.25) is 0 Å². The van der Waals surface area contributed by atoms with Gasteiger partial charge in [0, 0.05) is 38.1 Å². The van der Waals surface area contributed by atoms with Crippen LogP contribution in [0.15, 0.2) is 4.52 Å². The molecule has 2 saturated heterocycles. The van der Waals surface area contributed by atoms with Crippen LogP contribution in [0.25, 0.3) is 0 Å². The molecule has 156 valence electrons. The number of urea groups is 1. The lowest BCUT2D eigenvalue weighted by molar-refractivity contribution is 0.192. The Morgan fingerprint density at radius 3 is 2.64 bits per heavy atom. The maximum atomic E-state index is 12.9. The second-order valence-corrected chi connectivity index (χ2v) is 10.6. The lowest BCUT2D eigenvalue weighted by atomic mass is 9.81.